The Hall–Kier alpha value is -1.61. The molecule has 0 aliphatic heterocycles. The Balaban J connectivity index is 2.99. The van der Waals surface area contributed by atoms with Gasteiger partial charge in [0.1, 0.15) is 5.60 Å². The van der Waals surface area contributed by atoms with Crippen molar-refractivity contribution in [2.75, 3.05) is 7.05 Å². The average Bonchev–Trinajstić information content (AvgIpc) is 2.24. The van der Waals surface area contributed by atoms with Crippen LogP contribution in [-0.2, 0) is 4.79 Å². The van der Waals surface area contributed by atoms with Crippen molar-refractivity contribution < 1.29 is 9.90 Å². The van der Waals surface area contributed by atoms with Gasteiger partial charge in [0.05, 0.1) is 5.70 Å². The summed E-state index contributed by atoms with van der Waals surface area (Å²) in [4.78, 5) is 10.9. The van der Waals surface area contributed by atoms with Gasteiger partial charge < -0.3 is 10.4 Å². The normalized spacial score (nSPS) is 19.9. The maximum Gasteiger partial charge on any atom is 0.178 e. The van der Waals surface area contributed by atoms with Gasteiger partial charge >= 0.3 is 0 Å². The number of ketones is 1. The first kappa shape index (κ1) is 11.5. The SMILES string of the molecule is C/C=C\C=C(/NC)C1(O)C=CC(=O)C=C1. The molecular weight excluding hydrogens is 190 g/mol. The number of allylic oxidation sites excluding steroid dienone is 5. The van der Waals surface area contributed by atoms with Gasteiger partial charge in [-0.05, 0) is 37.3 Å². The summed E-state index contributed by atoms with van der Waals surface area (Å²) in [7, 11) is 1.73. The first-order chi connectivity index (χ1) is 7.12. The highest BCUT2D eigenvalue weighted by molar-refractivity contribution is 6.00. The smallest absolute Gasteiger partial charge is 0.178 e. The fourth-order valence-electron chi connectivity index (χ4n) is 1.32. The predicted octanol–water partition coefficient (Wildman–Crippen LogP) is 1.09. The van der Waals surface area contributed by atoms with E-state index in [-0.39, 0.29) is 5.78 Å². The summed E-state index contributed by atoms with van der Waals surface area (Å²) in [6, 6.07) is 0. The quantitative estimate of drug-likeness (QED) is 0.678. The second kappa shape index (κ2) is 4.75. The average molecular weight is 205 g/mol. The Morgan fingerprint density at radius 2 is 2.07 bits per heavy atom. The van der Waals surface area contributed by atoms with Crippen LogP contribution in [0.5, 0.6) is 0 Å². The van der Waals surface area contributed by atoms with Gasteiger partial charge in [-0.2, -0.15) is 0 Å². The number of carbonyl (C=O) groups is 1. The first-order valence-corrected chi connectivity index (χ1v) is 4.78. The molecule has 0 heterocycles. The van der Waals surface area contributed by atoms with E-state index in [1.54, 1.807) is 13.1 Å². The van der Waals surface area contributed by atoms with Crippen molar-refractivity contribution in [1.82, 2.24) is 5.32 Å². The van der Waals surface area contributed by atoms with Crippen molar-refractivity contribution in [3.05, 3.63) is 48.2 Å². The second-order valence-corrected chi connectivity index (χ2v) is 3.25. The third kappa shape index (κ3) is 2.67. The number of likely N-dealkylation sites (N-methyl/N-ethyl adjacent to an activating group) is 1. The molecule has 0 radical (unpaired) electrons. The van der Waals surface area contributed by atoms with Gasteiger partial charge in [-0.3, -0.25) is 4.79 Å². The third-order valence-corrected chi connectivity index (χ3v) is 2.16. The van der Waals surface area contributed by atoms with E-state index < -0.39 is 5.60 Å². The van der Waals surface area contributed by atoms with E-state index in [2.05, 4.69) is 5.32 Å². The lowest BCUT2D eigenvalue weighted by Crippen LogP contribution is -2.34. The molecule has 3 nitrogen and oxygen atoms in total. The van der Waals surface area contributed by atoms with Gasteiger partial charge in [0.2, 0.25) is 0 Å². The van der Waals surface area contributed by atoms with Crippen LogP contribution < -0.4 is 5.32 Å². The molecule has 0 fully saturated rings. The Morgan fingerprint density at radius 3 is 2.53 bits per heavy atom. The minimum atomic E-state index is -1.21. The lowest BCUT2D eigenvalue weighted by Gasteiger charge is -2.25. The second-order valence-electron chi connectivity index (χ2n) is 3.25. The van der Waals surface area contributed by atoms with Crippen molar-refractivity contribution in [1.29, 1.82) is 0 Å². The first-order valence-electron chi connectivity index (χ1n) is 4.78. The van der Waals surface area contributed by atoms with Crippen LogP contribution in [0.25, 0.3) is 0 Å². The van der Waals surface area contributed by atoms with E-state index in [4.69, 9.17) is 0 Å². The van der Waals surface area contributed by atoms with E-state index >= 15 is 0 Å². The van der Waals surface area contributed by atoms with Crippen molar-refractivity contribution in [3.63, 3.8) is 0 Å². The van der Waals surface area contributed by atoms with Gasteiger partial charge in [-0.1, -0.05) is 12.2 Å². The Labute approximate surface area is 89.5 Å². The molecule has 0 spiro atoms. The van der Waals surface area contributed by atoms with Crippen LogP contribution in [0.4, 0.5) is 0 Å². The summed E-state index contributed by atoms with van der Waals surface area (Å²) in [6.45, 7) is 1.89. The van der Waals surface area contributed by atoms with Crippen molar-refractivity contribution in [3.8, 4) is 0 Å². The summed E-state index contributed by atoms with van der Waals surface area (Å²) in [5.41, 5.74) is -0.581. The number of rotatable bonds is 3. The van der Waals surface area contributed by atoms with E-state index in [1.807, 2.05) is 19.1 Å². The Kier molecular flexibility index (Phi) is 3.63. The Bertz CT molecular complexity index is 346. The third-order valence-electron chi connectivity index (χ3n) is 2.16. The standard InChI is InChI=1S/C12H15NO2/c1-3-4-5-11(13-2)12(15)8-6-10(14)7-9-12/h3-9,13,15H,1-2H3/b4-3-,11-5-. The monoisotopic (exact) mass is 205 g/mol. The number of carbonyl (C=O) groups excluding carboxylic acids is 1. The minimum absolute atomic E-state index is 0.110. The van der Waals surface area contributed by atoms with E-state index in [1.165, 1.54) is 24.3 Å². The highest BCUT2D eigenvalue weighted by Gasteiger charge is 2.26. The fraction of sp³-hybridized carbons (Fsp3) is 0.250. The molecule has 0 saturated heterocycles. The molecule has 0 amide bonds. The lowest BCUT2D eigenvalue weighted by molar-refractivity contribution is -0.110. The maximum atomic E-state index is 10.9. The van der Waals surface area contributed by atoms with Gasteiger partial charge in [0.15, 0.2) is 5.78 Å². The number of nitrogens with one attached hydrogen (secondary N) is 1. The number of hydrogen-bond donors (Lipinski definition) is 2. The van der Waals surface area contributed by atoms with Gasteiger partial charge in [0.25, 0.3) is 0 Å². The largest absolute Gasteiger partial charge is 0.389 e. The summed E-state index contributed by atoms with van der Waals surface area (Å²) in [5.74, 6) is -0.110. The molecule has 3 heteroatoms. The summed E-state index contributed by atoms with van der Waals surface area (Å²) >= 11 is 0. The van der Waals surface area contributed by atoms with Crippen LogP contribution in [-0.4, -0.2) is 23.5 Å². The molecule has 0 saturated carbocycles. The molecule has 0 aromatic rings. The van der Waals surface area contributed by atoms with Crippen LogP contribution in [0.2, 0.25) is 0 Å². The topological polar surface area (TPSA) is 49.3 Å². The number of hydrogen-bond acceptors (Lipinski definition) is 3. The van der Waals surface area contributed by atoms with Crippen molar-refractivity contribution in [2.24, 2.45) is 0 Å². The van der Waals surface area contributed by atoms with Gasteiger partial charge in [-0.25, -0.2) is 0 Å². The minimum Gasteiger partial charge on any atom is -0.389 e. The molecule has 80 valence electrons. The van der Waals surface area contributed by atoms with Crippen molar-refractivity contribution >= 4 is 5.78 Å². The van der Waals surface area contributed by atoms with Crippen LogP contribution in [0.3, 0.4) is 0 Å². The zero-order valence-electron chi connectivity index (χ0n) is 8.90. The predicted molar refractivity (Wildman–Crippen MR) is 60.2 cm³/mol. The molecule has 1 rings (SSSR count). The molecule has 1 aliphatic carbocycles. The lowest BCUT2D eigenvalue weighted by atomic mass is 9.93. The highest BCUT2D eigenvalue weighted by Crippen LogP contribution is 2.21. The fourth-order valence-corrected chi connectivity index (χ4v) is 1.32. The summed E-state index contributed by atoms with van der Waals surface area (Å²) in [5, 5.41) is 13.1. The molecule has 0 unspecified atom stereocenters. The van der Waals surface area contributed by atoms with Crippen LogP contribution >= 0.6 is 0 Å². The zero-order chi connectivity index (χ0) is 11.3. The van der Waals surface area contributed by atoms with Gasteiger partial charge in [0, 0.05) is 7.05 Å². The van der Waals surface area contributed by atoms with Crippen LogP contribution in [0.1, 0.15) is 6.92 Å². The van der Waals surface area contributed by atoms with Gasteiger partial charge in [-0.15, -0.1) is 0 Å². The van der Waals surface area contributed by atoms with Crippen LogP contribution in [0, 0.1) is 0 Å². The van der Waals surface area contributed by atoms with Crippen LogP contribution in [0.15, 0.2) is 48.2 Å². The molecule has 1 aliphatic rings. The molecule has 0 aromatic heterocycles. The Morgan fingerprint density at radius 1 is 1.47 bits per heavy atom. The highest BCUT2D eigenvalue weighted by atomic mass is 16.3. The summed E-state index contributed by atoms with van der Waals surface area (Å²) in [6.07, 6.45) is 11.1. The van der Waals surface area contributed by atoms with E-state index in [0.29, 0.717) is 5.70 Å². The molecule has 2 N–H and O–H groups in total. The number of aliphatic hydroxyl groups is 1. The summed E-state index contributed by atoms with van der Waals surface area (Å²) < 4.78 is 0. The maximum absolute atomic E-state index is 10.9. The van der Waals surface area contributed by atoms with E-state index in [9.17, 15) is 9.90 Å². The molecule has 0 aromatic carbocycles. The molecular formula is C12H15NO2. The van der Waals surface area contributed by atoms with E-state index in [0.717, 1.165) is 0 Å². The molecule has 0 atom stereocenters. The van der Waals surface area contributed by atoms with Crippen molar-refractivity contribution in [2.45, 2.75) is 12.5 Å². The zero-order valence-corrected chi connectivity index (χ0v) is 8.90. The molecule has 0 bridgehead atoms. The molecule has 15 heavy (non-hydrogen) atoms.